The molecule has 1 aromatic rings. The highest BCUT2D eigenvalue weighted by Gasteiger charge is 2.24. The zero-order valence-electron chi connectivity index (χ0n) is 13.9. The molecule has 0 spiro atoms. The number of nitrogens with zero attached hydrogens (tertiary/aromatic N) is 3. The van der Waals surface area contributed by atoms with Crippen molar-refractivity contribution in [2.24, 2.45) is 0 Å². The van der Waals surface area contributed by atoms with Gasteiger partial charge < -0.3 is 9.64 Å². The summed E-state index contributed by atoms with van der Waals surface area (Å²) >= 11 is 0. The number of piperidine rings is 1. The average Bonchev–Trinajstić information content (AvgIpc) is 2.62. The smallest absolute Gasteiger partial charge is 0.293 e. The van der Waals surface area contributed by atoms with Gasteiger partial charge in [-0.25, -0.2) is 4.39 Å². The van der Waals surface area contributed by atoms with Crippen molar-refractivity contribution in [2.75, 3.05) is 50.8 Å². The van der Waals surface area contributed by atoms with Gasteiger partial charge in [-0.2, -0.15) is 0 Å². The van der Waals surface area contributed by atoms with Crippen LogP contribution in [0, 0.1) is 15.9 Å². The fourth-order valence-corrected chi connectivity index (χ4v) is 3.42. The van der Waals surface area contributed by atoms with Crippen LogP contribution in [-0.4, -0.2) is 55.8 Å². The van der Waals surface area contributed by atoms with E-state index in [0.29, 0.717) is 37.4 Å². The lowest BCUT2D eigenvalue weighted by Gasteiger charge is -2.29. The van der Waals surface area contributed by atoms with Gasteiger partial charge in [-0.05, 0) is 31.2 Å². The lowest BCUT2D eigenvalue weighted by molar-refractivity contribution is -0.384. The van der Waals surface area contributed by atoms with Crippen molar-refractivity contribution in [3.8, 4) is 0 Å². The number of benzene rings is 1. The molecule has 0 unspecified atom stereocenters. The van der Waals surface area contributed by atoms with Crippen molar-refractivity contribution in [1.82, 2.24) is 4.90 Å². The molecule has 0 aliphatic carbocycles. The maximum atomic E-state index is 14.5. The lowest BCUT2D eigenvalue weighted by Crippen LogP contribution is -2.37. The summed E-state index contributed by atoms with van der Waals surface area (Å²) in [6.07, 6.45) is 3.60. The summed E-state index contributed by atoms with van der Waals surface area (Å²) in [5.41, 5.74) is 0.872. The van der Waals surface area contributed by atoms with Crippen LogP contribution in [0.3, 0.4) is 0 Å². The Balaban J connectivity index is 1.77. The van der Waals surface area contributed by atoms with Crippen molar-refractivity contribution in [2.45, 2.75) is 25.7 Å². The van der Waals surface area contributed by atoms with Crippen LogP contribution in [0.2, 0.25) is 0 Å². The Hall–Kier alpha value is -1.73. The van der Waals surface area contributed by atoms with Crippen LogP contribution in [0.5, 0.6) is 0 Å². The van der Waals surface area contributed by atoms with Gasteiger partial charge in [0, 0.05) is 44.9 Å². The van der Waals surface area contributed by atoms with E-state index < -0.39 is 0 Å². The molecule has 0 radical (unpaired) electrons. The van der Waals surface area contributed by atoms with Crippen LogP contribution in [-0.2, 0) is 11.2 Å². The molecular formula is C17H24FN3O3. The van der Waals surface area contributed by atoms with E-state index in [1.54, 1.807) is 0 Å². The van der Waals surface area contributed by atoms with Crippen LogP contribution in [0.15, 0.2) is 12.1 Å². The molecule has 0 bridgehead atoms. The first kappa shape index (κ1) is 17.1. The molecule has 7 heteroatoms. The molecule has 2 heterocycles. The van der Waals surface area contributed by atoms with E-state index >= 15 is 0 Å². The molecule has 0 aromatic heterocycles. The topological polar surface area (TPSA) is 58.9 Å². The Morgan fingerprint density at radius 1 is 1.12 bits per heavy atom. The number of rotatable bonds is 5. The van der Waals surface area contributed by atoms with Gasteiger partial charge in [-0.1, -0.05) is 0 Å². The van der Waals surface area contributed by atoms with E-state index in [-0.39, 0.29) is 16.4 Å². The molecule has 0 amide bonds. The van der Waals surface area contributed by atoms with Crippen molar-refractivity contribution in [1.29, 1.82) is 0 Å². The molecule has 6 nitrogen and oxygen atoms in total. The lowest BCUT2D eigenvalue weighted by atomic mass is 10.1. The van der Waals surface area contributed by atoms with Gasteiger partial charge in [-0.3, -0.25) is 15.0 Å². The van der Waals surface area contributed by atoms with Gasteiger partial charge in [0.25, 0.3) is 5.69 Å². The molecule has 0 atom stereocenters. The predicted molar refractivity (Wildman–Crippen MR) is 90.1 cm³/mol. The zero-order valence-corrected chi connectivity index (χ0v) is 13.9. The fraction of sp³-hybridized carbons (Fsp3) is 0.647. The number of halogens is 1. The molecule has 24 heavy (non-hydrogen) atoms. The van der Waals surface area contributed by atoms with Gasteiger partial charge in [0.2, 0.25) is 0 Å². The third kappa shape index (κ3) is 4.02. The molecule has 0 saturated carbocycles. The average molecular weight is 337 g/mol. The van der Waals surface area contributed by atoms with Gasteiger partial charge in [0.1, 0.15) is 11.5 Å². The van der Waals surface area contributed by atoms with Gasteiger partial charge in [0.05, 0.1) is 18.1 Å². The van der Waals surface area contributed by atoms with Crippen LogP contribution >= 0.6 is 0 Å². The Kier molecular flexibility index (Phi) is 5.63. The molecular weight excluding hydrogens is 313 g/mol. The minimum Gasteiger partial charge on any atom is -0.379 e. The molecule has 2 aliphatic heterocycles. The van der Waals surface area contributed by atoms with Crippen LogP contribution < -0.4 is 4.90 Å². The standard InChI is InChI=1S/C17H24FN3O3/c18-15-13-16(20-5-2-1-3-6-20)17(21(22)23)12-14(15)4-7-19-8-10-24-11-9-19/h12-13H,1-11H2. The number of nitro benzene ring substituents is 1. The second kappa shape index (κ2) is 7.90. The molecule has 2 saturated heterocycles. The molecule has 0 N–H and O–H groups in total. The summed E-state index contributed by atoms with van der Waals surface area (Å²) in [4.78, 5) is 15.2. The molecule has 2 fully saturated rings. The first-order valence-electron chi connectivity index (χ1n) is 8.67. The molecule has 1 aromatic carbocycles. The third-order valence-corrected chi connectivity index (χ3v) is 4.84. The second-order valence-electron chi connectivity index (χ2n) is 6.44. The van der Waals surface area contributed by atoms with Crippen molar-refractivity contribution >= 4 is 11.4 Å². The normalized spacial score (nSPS) is 19.5. The van der Waals surface area contributed by atoms with Crippen LogP contribution in [0.4, 0.5) is 15.8 Å². The minimum atomic E-state index is -0.387. The summed E-state index contributed by atoms with van der Waals surface area (Å²) in [5.74, 6) is -0.338. The van der Waals surface area contributed by atoms with E-state index in [1.807, 2.05) is 4.90 Å². The van der Waals surface area contributed by atoms with Gasteiger partial charge in [0.15, 0.2) is 0 Å². The van der Waals surface area contributed by atoms with E-state index in [0.717, 1.165) is 45.4 Å². The zero-order chi connectivity index (χ0) is 16.9. The number of hydrogen-bond donors (Lipinski definition) is 0. The maximum Gasteiger partial charge on any atom is 0.293 e. The Labute approximate surface area is 141 Å². The summed E-state index contributed by atoms with van der Waals surface area (Å²) in [6, 6.07) is 2.79. The number of anilines is 1. The minimum absolute atomic E-state index is 0.0234. The highest BCUT2D eigenvalue weighted by atomic mass is 19.1. The highest BCUT2D eigenvalue weighted by Crippen LogP contribution is 2.33. The van der Waals surface area contributed by atoms with Gasteiger partial charge in [-0.15, -0.1) is 0 Å². The van der Waals surface area contributed by atoms with Crippen LogP contribution in [0.1, 0.15) is 24.8 Å². The fourth-order valence-electron chi connectivity index (χ4n) is 3.42. The molecule has 132 valence electrons. The summed E-state index contributed by atoms with van der Waals surface area (Å²) in [7, 11) is 0. The summed E-state index contributed by atoms with van der Waals surface area (Å²) < 4.78 is 19.8. The van der Waals surface area contributed by atoms with Crippen molar-refractivity contribution < 1.29 is 14.1 Å². The van der Waals surface area contributed by atoms with E-state index in [9.17, 15) is 14.5 Å². The van der Waals surface area contributed by atoms with E-state index in [2.05, 4.69) is 4.90 Å². The second-order valence-corrected chi connectivity index (χ2v) is 6.44. The largest absolute Gasteiger partial charge is 0.379 e. The Morgan fingerprint density at radius 3 is 2.50 bits per heavy atom. The predicted octanol–water partition coefficient (Wildman–Crippen LogP) is 2.60. The van der Waals surface area contributed by atoms with E-state index in [4.69, 9.17) is 4.74 Å². The number of ether oxygens (including phenoxy) is 1. The Morgan fingerprint density at radius 2 is 1.83 bits per heavy atom. The van der Waals surface area contributed by atoms with Crippen molar-refractivity contribution in [3.05, 3.63) is 33.6 Å². The van der Waals surface area contributed by atoms with Crippen LogP contribution in [0.25, 0.3) is 0 Å². The SMILES string of the molecule is O=[N+]([O-])c1cc(CCN2CCOCC2)c(F)cc1N1CCCCC1. The number of hydrogen-bond acceptors (Lipinski definition) is 5. The quantitative estimate of drug-likeness (QED) is 0.610. The molecule has 3 rings (SSSR count). The summed E-state index contributed by atoms with van der Waals surface area (Å²) in [6.45, 7) is 5.25. The first-order chi connectivity index (χ1) is 11.6. The summed E-state index contributed by atoms with van der Waals surface area (Å²) in [5, 5.41) is 11.5. The maximum absolute atomic E-state index is 14.5. The Bertz CT molecular complexity index is 585. The van der Waals surface area contributed by atoms with E-state index in [1.165, 1.54) is 12.1 Å². The van der Waals surface area contributed by atoms with Gasteiger partial charge >= 0.3 is 0 Å². The number of nitro groups is 1. The highest BCUT2D eigenvalue weighted by molar-refractivity contribution is 5.65. The molecule has 2 aliphatic rings. The monoisotopic (exact) mass is 337 g/mol. The third-order valence-electron chi connectivity index (χ3n) is 4.84. The first-order valence-corrected chi connectivity index (χ1v) is 8.67. The number of morpholine rings is 1. The van der Waals surface area contributed by atoms with Crippen molar-refractivity contribution in [3.63, 3.8) is 0 Å².